The Kier molecular flexibility index (Phi) is 3.13. The minimum atomic E-state index is -0.418. The first-order chi connectivity index (χ1) is 11.1. The molecule has 3 aromatic rings. The number of nitrogens with zero attached hydrogens (tertiary/aromatic N) is 1. The van der Waals surface area contributed by atoms with Crippen LogP contribution in [-0.2, 0) is 6.42 Å². The molecule has 0 N–H and O–H groups in total. The molecule has 0 bridgehead atoms. The number of benzene rings is 2. The number of fused-ring (bicyclic) bond motifs is 1. The first-order valence-electron chi connectivity index (χ1n) is 7.54. The molecule has 1 aliphatic heterocycles. The van der Waals surface area contributed by atoms with Crippen molar-refractivity contribution >= 4 is 23.0 Å². The molecule has 23 heavy (non-hydrogen) atoms. The Balaban J connectivity index is 1.89. The van der Waals surface area contributed by atoms with Gasteiger partial charge in [0.1, 0.15) is 5.69 Å². The van der Waals surface area contributed by atoms with Crippen molar-refractivity contribution in [1.82, 2.24) is 0 Å². The molecule has 0 radical (unpaired) electrons. The lowest BCUT2D eigenvalue weighted by atomic mass is 9.97. The number of hydrogen-bond acceptors (Lipinski definition) is 3. The first kappa shape index (κ1) is 14.2. The van der Waals surface area contributed by atoms with Crippen LogP contribution in [0.3, 0.4) is 0 Å². The molecular formula is C19H14ClNO2. The lowest BCUT2D eigenvalue weighted by Gasteiger charge is -2.28. The van der Waals surface area contributed by atoms with Crippen LogP contribution in [0.4, 0.5) is 11.4 Å². The molecule has 0 amide bonds. The zero-order valence-electron chi connectivity index (χ0n) is 12.5. The standard InChI is InChI=1S/C19H14ClNO2/c1-11-10-13-4-2-3-5-15(13)21(11)17-16(18(22)19(17)23)12-6-8-14(20)9-7-12/h2-9,11H,10H2,1H3/t11-/m0/s1. The van der Waals surface area contributed by atoms with Crippen molar-refractivity contribution in [2.24, 2.45) is 0 Å². The second-order valence-electron chi connectivity index (χ2n) is 5.94. The fourth-order valence-corrected chi connectivity index (χ4v) is 3.53. The molecule has 4 heteroatoms. The van der Waals surface area contributed by atoms with Crippen molar-refractivity contribution in [3.05, 3.63) is 79.6 Å². The van der Waals surface area contributed by atoms with Gasteiger partial charge >= 0.3 is 0 Å². The summed E-state index contributed by atoms with van der Waals surface area (Å²) in [6.45, 7) is 2.07. The molecule has 3 nitrogen and oxygen atoms in total. The molecular weight excluding hydrogens is 310 g/mol. The largest absolute Gasteiger partial charge is 0.334 e. The Labute approximate surface area is 138 Å². The Morgan fingerprint density at radius 1 is 1.00 bits per heavy atom. The maximum absolute atomic E-state index is 12.3. The molecule has 0 fully saturated rings. The maximum Gasteiger partial charge on any atom is 0.250 e. The van der Waals surface area contributed by atoms with Gasteiger partial charge in [-0.15, -0.1) is 0 Å². The van der Waals surface area contributed by atoms with Gasteiger partial charge in [0.05, 0.1) is 5.56 Å². The van der Waals surface area contributed by atoms with Gasteiger partial charge < -0.3 is 4.90 Å². The highest BCUT2D eigenvalue weighted by atomic mass is 35.5. The number of halogens is 1. The van der Waals surface area contributed by atoms with E-state index in [9.17, 15) is 9.59 Å². The minimum Gasteiger partial charge on any atom is -0.334 e. The summed E-state index contributed by atoms with van der Waals surface area (Å²) in [7, 11) is 0. The molecule has 0 saturated heterocycles. The predicted octanol–water partition coefficient (Wildman–Crippen LogP) is 3.69. The lowest BCUT2D eigenvalue weighted by Crippen LogP contribution is -2.42. The van der Waals surface area contributed by atoms with Crippen LogP contribution in [0.2, 0.25) is 5.02 Å². The Bertz CT molecular complexity index is 968. The van der Waals surface area contributed by atoms with E-state index in [0.717, 1.165) is 17.7 Å². The first-order valence-corrected chi connectivity index (χ1v) is 7.92. The summed E-state index contributed by atoms with van der Waals surface area (Å²) in [4.78, 5) is 26.4. The molecule has 1 atom stereocenters. The van der Waals surface area contributed by atoms with Gasteiger partial charge in [0, 0.05) is 16.8 Å². The summed E-state index contributed by atoms with van der Waals surface area (Å²) >= 11 is 5.92. The SMILES string of the molecule is C[C@H]1Cc2ccccc2N1c1c(-c2ccc(Cl)cc2)c(=O)c1=O. The van der Waals surface area contributed by atoms with E-state index in [2.05, 4.69) is 13.0 Å². The summed E-state index contributed by atoms with van der Waals surface area (Å²) in [6, 6.07) is 15.2. The topological polar surface area (TPSA) is 37.4 Å². The number of anilines is 2. The highest BCUT2D eigenvalue weighted by Gasteiger charge is 2.35. The third kappa shape index (κ3) is 2.04. The zero-order chi connectivity index (χ0) is 16.1. The van der Waals surface area contributed by atoms with E-state index in [4.69, 9.17) is 11.6 Å². The molecule has 3 aromatic carbocycles. The maximum atomic E-state index is 12.3. The van der Waals surface area contributed by atoms with Gasteiger partial charge in [0.2, 0.25) is 5.43 Å². The summed E-state index contributed by atoms with van der Waals surface area (Å²) in [5.74, 6) is 0. The zero-order valence-corrected chi connectivity index (χ0v) is 13.3. The molecule has 0 aromatic heterocycles. The van der Waals surface area contributed by atoms with Crippen molar-refractivity contribution in [2.75, 3.05) is 4.90 Å². The lowest BCUT2D eigenvalue weighted by molar-refractivity contribution is 0.755. The molecule has 0 saturated carbocycles. The number of para-hydroxylation sites is 1. The van der Waals surface area contributed by atoms with E-state index in [0.29, 0.717) is 16.3 Å². The summed E-state index contributed by atoms with van der Waals surface area (Å²) in [5.41, 5.74) is 3.14. The third-order valence-corrected chi connectivity index (χ3v) is 4.72. The van der Waals surface area contributed by atoms with Crippen molar-refractivity contribution in [1.29, 1.82) is 0 Å². The van der Waals surface area contributed by atoms with E-state index >= 15 is 0 Å². The van der Waals surface area contributed by atoms with Crippen LogP contribution in [0.5, 0.6) is 0 Å². The van der Waals surface area contributed by atoms with Crippen molar-refractivity contribution in [3.8, 4) is 11.1 Å². The second kappa shape index (κ2) is 5.07. The summed E-state index contributed by atoms with van der Waals surface area (Å²) in [6.07, 6.45) is 0.870. The summed E-state index contributed by atoms with van der Waals surface area (Å²) < 4.78 is 0. The average molecular weight is 324 g/mol. The molecule has 1 aliphatic rings. The van der Waals surface area contributed by atoms with Gasteiger partial charge in [-0.05, 0) is 42.7 Å². The number of rotatable bonds is 2. The fourth-order valence-electron chi connectivity index (χ4n) is 3.40. The summed E-state index contributed by atoms with van der Waals surface area (Å²) in [5, 5.41) is 0.605. The van der Waals surface area contributed by atoms with Crippen LogP contribution in [0.15, 0.2) is 58.1 Å². The Hall–Kier alpha value is -2.39. The molecule has 114 valence electrons. The van der Waals surface area contributed by atoms with Crippen LogP contribution in [-0.4, -0.2) is 6.04 Å². The molecule has 1 heterocycles. The van der Waals surface area contributed by atoms with Crippen LogP contribution < -0.4 is 15.8 Å². The van der Waals surface area contributed by atoms with Crippen LogP contribution in [0.25, 0.3) is 11.1 Å². The quantitative estimate of drug-likeness (QED) is 0.675. The molecule has 4 rings (SSSR count). The Morgan fingerprint density at radius 2 is 1.70 bits per heavy atom. The molecule has 0 spiro atoms. The molecule has 0 aliphatic carbocycles. The third-order valence-electron chi connectivity index (χ3n) is 4.47. The second-order valence-corrected chi connectivity index (χ2v) is 6.38. The van der Waals surface area contributed by atoms with Crippen molar-refractivity contribution in [2.45, 2.75) is 19.4 Å². The Morgan fingerprint density at radius 3 is 2.43 bits per heavy atom. The van der Waals surface area contributed by atoms with Crippen molar-refractivity contribution < 1.29 is 0 Å². The monoisotopic (exact) mass is 323 g/mol. The van der Waals surface area contributed by atoms with Gasteiger partial charge in [0.25, 0.3) is 5.43 Å². The van der Waals surface area contributed by atoms with Gasteiger partial charge in [-0.3, -0.25) is 9.59 Å². The van der Waals surface area contributed by atoms with Crippen molar-refractivity contribution in [3.63, 3.8) is 0 Å². The van der Waals surface area contributed by atoms with Gasteiger partial charge in [-0.25, -0.2) is 0 Å². The van der Waals surface area contributed by atoms with Gasteiger partial charge in [-0.1, -0.05) is 41.9 Å². The van der Waals surface area contributed by atoms with Crippen LogP contribution in [0.1, 0.15) is 12.5 Å². The normalized spacial score (nSPS) is 16.8. The van der Waals surface area contributed by atoms with Gasteiger partial charge in [-0.2, -0.15) is 0 Å². The van der Waals surface area contributed by atoms with Crippen LogP contribution in [0, 0.1) is 0 Å². The van der Waals surface area contributed by atoms with Gasteiger partial charge in [0.15, 0.2) is 0 Å². The average Bonchev–Trinajstić information content (AvgIpc) is 2.88. The number of hydrogen-bond donors (Lipinski definition) is 0. The highest BCUT2D eigenvalue weighted by Crippen LogP contribution is 2.40. The smallest absolute Gasteiger partial charge is 0.250 e. The van der Waals surface area contributed by atoms with E-state index in [-0.39, 0.29) is 6.04 Å². The van der Waals surface area contributed by atoms with E-state index in [1.54, 1.807) is 24.3 Å². The molecule has 0 unspecified atom stereocenters. The fraction of sp³-hybridized carbons (Fsp3) is 0.158. The van der Waals surface area contributed by atoms with E-state index in [1.165, 1.54) is 5.56 Å². The van der Waals surface area contributed by atoms with E-state index < -0.39 is 10.9 Å². The predicted molar refractivity (Wildman–Crippen MR) is 93.5 cm³/mol. The highest BCUT2D eigenvalue weighted by molar-refractivity contribution is 6.30. The minimum absolute atomic E-state index is 0.154. The van der Waals surface area contributed by atoms with Crippen LogP contribution >= 0.6 is 11.6 Å². The van der Waals surface area contributed by atoms with E-state index in [1.807, 2.05) is 23.1 Å².